The Bertz CT molecular complexity index is 926. The molecule has 0 saturated heterocycles. The van der Waals surface area contributed by atoms with Crippen molar-refractivity contribution in [3.63, 3.8) is 0 Å². The van der Waals surface area contributed by atoms with Gasteiger partial charge in [0.1, 0.15) is 5.58 Å². The van der Waals surface area contributed by atoms with Crippen LogP contribution in [0.2, 0.25) is 0 Å². The van der Waals surface area contributed by atoms with Crippen LogP contribution in [0.1, 0.15) is 11.3 Å². The molecule has 0 fully saturated rings. The molecule has 0 aliphatic rings. The monoisotopic (exact) mass is 323 g/mol. The van der Waals surface area contributed by atoms with Gasteiger partial charge < -0.3 is 14.1 Å². The highest BCUT2D eigenvalue weighted by Gasteiger charge is 2.59. The number of benzene rings is 1. The third kappa shape index (κ3) is 2.24. The maximum atomic E-state index is 13.7. The Hall–Kier alpha value is -2.54. The second-order valence-electron chi connectivity index (χ2n) is 5.20. The lowest BCUT2D eigenvalue weighted by Gasteiger charge is -2.30. The topological polar surface area (TPSA) is 55.4 Å². The van der Waals surface area contributed by atoms with Gasteiger partial charge in [0, 0.05) is 18.6 Å². The van der Waals surface area contributed by atoms with E-state index in [4.69, 9.17) is 4.42 Å². The summed E-state index contributed by atoms with van der Waals surface area (Å²) in [6, 6.07) is 9.65. The highest BCUT2D eigenvalue weighted by Crippen LogP contribution is 2.43. The minimum absolute atomic E-state index is 0.151. The molecule has 7 heteroatoms. The van der Waals surface area contributed by atoms with Gasteiger partial charge >= 0.3 is 11.8 Å². The number of halogens is 3. The van der Waals surface area contributed by atoms with Gasteiger partial charge in [-0.2, -0.15) is 13.2 Å². The van der Waals surface area contributed by atoms with E-state index >= 15 is 0 Å². The molecule has 2 aromatic heterocycles. The average molecular weight is 323 g/mol. The van der Waals surface area contributed by atoms with Gasteiger partial charge in [0.2, 0.25) is 5.60 Å². The van der Waals surface area contributed by atoms with E-state index in [1.807, 2.05) is 0 Å². The van der Waals surface area contributed by atoms with Crippen molar-refractivity contribution in [3.8, 4) is 0 Å². The Morgan fingerprint density at radius 3 is 2.43 bits per heavy atom. The lowest BCUT2D eigenvalue weighted by atomic mass is 9.90. The van der Waals surface area contributed by atoms with Crippen LogP contribution in [0.5, 0.6) is 0 Å². The molecule has 1 unspecified atom stereocenters. The summed E-state index contributed by atoms with van der Waals surface area (Å²) in [5.74, 6) is 0. The molecule has 3 rings (SSSR count). The smallest absolute Gasteiger partial charge is 0.422 e. The molecule has 0 radical (unpaired) electrons. The number of aromatic nitrogens is 1. The van der Waals surface area contributed by atoms with Gasteiger partial charge in [0.25, 0.3) is 0 Å². The standard InChI is InChI=1S/C16H12F3NO3/c1-20-8-4-7-13(20)15(22,16(17,18)19)11-9-10-5-2-3-6-12(10)23-14(11)21/h2-9,22H,1H3. The van der Waals surface area contributed by atoms with Crippen molar-refractivity contribution < 1.29 is 22.7 Å². The number of hydrogen-bond acceptors (Lipinski definition) is 3. The number of rotatable bonds is 2. The number of para-hydroxylation sites is 1. The molecular weight excluding hydrogens is 311 g/mol. The zero-order valence-corrected chi connectivity index (χ0v) is 12.0. The fraction of sp³-hybridized carbons (Fsp3) is 0.188. The van der Waals surface area contributed by atoms with Gasteiger partial charge in [0.05, 0.1) is 11.3 Å². The molecule has 4 nitrogen and oxygen atoms in total. The van der Waals surface area contributed by atoms with Crippen molar-refractivity contribution in [3.05, 3.63) is 70.3 Å². The fourth-order valence-electron chi connectivity index (χ4n) is 2.59. The first kappa shape index (κ1) is 15.4. The molecule has 120 valence electrons. The lowest BCUT2D eigenvalue weighted by Crippen LogP contribution is -2.47. The second kappa shape index (κ2) is 4.99. The minimum Gasteiger partial charge on any atom is -0.422 e. The predicted octanol–water partition coefficient (Wildman–Crippen LogP) is 2.93. The van der Waals surface area contributed by atoms with E-state index in [1.54, 1.807) is 12.1 Å². The SMILES string of the molecule is Cn1cccc1C(O)(c1cc2ccccc2oc1=O)C(F)(F)F. The predicted molar refractivity (Wildman–Crippen MR) is 77.0 cm³/mol. The van der Waals surface area contributed by atoms with Crippen molar-refractivity contribution in [2.24, 2.45) is 7.05 Å². The van der Waals surface area contributed by atoms with E-state index in [9.17, 15) is 23.1 Å². The molecule has 0 aliphatic heterocycles. The molecule has 1 aromatic carbocycles. The molecular formula is C16H12F3NO3. The molecule has 1 atom stereocenters. The van der Waals surface area contributed by atoms with Crippen LogP contribution in [0, 0.1) is 0 Å². The first-order chi connectivity index (χ1) is 10.7. The Morgan fingerprint density at radius 2 is 1.83 bits per heavy atom. The third-order valence-electron chi connectivity index (χ3n) is 3.76. The number of nitrogens with zero attached hydrogens (tertiary/aromatic N) is 1. The van der Waals surface area contributed by atoms with Crippen LogP contribution in [0.15, 0.2) is 57.9 Å². The van der Waals surface area contributed by atoms with Crippen LogP contribution in [0.3, 0.4) is 0 Å². The Kier molecular flexibility index (Phi) is 3.33. The zero-order chi connectivity index (χ0) is 16.8. The van der Waals surface area contributed by atoms with Gasteiger partial charge in [-0.25, -0.2) is 4.79 Å². The molecule has 0 spiro atoms. The van der Waals surface area contributed by atoms with Crippen molar-refractivity contribution in [1.82, 2.24) is 4.57 Å². The number of alkyl halides is 3. The quantitative estimate of drug-likeness (QED) is 0.738. The van der Waals surface area contributed by atoms with Crippen LogP contribution in [-0.4, -0.2) is 15.8 Å². The zero-order valence-electron chi connectivity index (χ0n) is 12.0. The van der Waals surface area contributed by atoms with Gasteiger partial charge in [-0.3, -0.25) is 0 Å². The lowest BCUT2D eigenvalue weighted by molar-refractivity contribution is -0.251. The second-order valence-corrected chi connectivity index (χ2v) is 5.20. The van der Waals surface area contributed by atoms with E-state index in [-0.39, 0.29) is 5.58 Å². The molecule has 0 bridgehead atoms. The molecule has 23 heavy (non-hydrogen) atoms. The average Bonchev–Trinajstić information content (AvgIpc) is 2.91. The first-order valence-electron chi connectivity index (χ1n) is 6.69. The molecule has 0 amide bonds. The maximum absolute atomic E-state index is 13.7. The van der Waals surface area contributed by atoms with E-state index in [0.717, 1.165) is 16.7 Å². The van der Waals surface area contributed by atoms with E-state index < -0.39 is 28.7 Å². The van der Waals surface area contributed by atoms with Crippen molar-refractivity contribution in [2.75, 3.05) is 0 Å². The van der Waals surface area contributed by atoms with Gasteiger partial charge in [-0.05, 0) is 24.3 Å². The van der Waals surface area contributed by atoms with Crippen molar-refractivity contribution in [1.29, 1.82) is 0 Å². The highest BCUT2D eigenvalue weighted by molar-refractivity contribution is 5.77. The van der Waals surface area contributed by atoms with E-state index in [2.05, 4.69) is 0 Å². The number of hydrogen-bond donors (Lipinski definition) is 1. The number of aliphatic hydroxyl groups is 1. The minimum atomic E-state index is -5.10. The summed E-state index contributed by atoms with van der Waals surface area (Å²) in [6.07, 6.45) is -3.75. The Balaban J connectivity index is 2.37. The highest BCUT2D eigenvalue weighted by atomic mass is 19.4. The molecule has 0 aliphatic carbocycles. The Morgan fingerprint density at radius 1 is 1.13 bits per heavy atom. The fourth-order valence-corrected chi connectivity index (χ4v) is 2.59. The summed E-state index contributed by atoms with van der Waals surface area (Å²) in [5.41, 5.74) is -5.88. The summed E-state index contributed by atoms with van der Waals surface area (Å²) >= 11 is 0. The Labute approximate surface area is 128 Å². The number of fused-ring (bicyclic) bond motifs is 1. The van der Waals surface area contributed by atoms with Crippen LogP contribution >= 0.6 is 0 Å². The molecule has 3 aromatic rings. The molecule has 0 saturated carbocycles. The van der Waals surface area contributed by atoms with Gasteiger partial charge in [0.15, 0.2) is 0 Å². The van der Waals surface area contributed by atoms with E-state index in [1.165, 1.54) is 31.4 Å². The van der Waals surface area contributed by atoms with Gasteiger partial charge in [-0.15, -0.1) is 0 Å². The van der Waals surface area contributed by atoms with Crippen LogP contribution in [0.4, 0.5) is 13.2 Å². The van der Waals surface area contributed by atoms with Crippen molar-refractivity contribution in [2.45, 2.75) is 11.8 Å². The summed E-state index contributed by atoms with van der Waals surface area (Å²) in [6.45, 7) is 0. The van der Waals surface area contributed by atoms with Crippen LogP contribution in [0.25, 0.3) is 11.0 Å². The summed E-state index contributed by atoms with van der Waals surface area (Å²) < 4.78 is 47.1. The first-order valence-corrected chi connectivity index (χ1v) is 6.69. The van der Waals surface area contributed by atoms with Crippen molar-refractivity contribution >= 4 is 11.0 Å². The largest absolute Gasteiger partial charge is 0.427 e. The van der Waals surface area contributed by atoms with Gasteiger partial charge in [-0.1, -0.05) is 18.2 Å². The van der Waals surface area contributed by atoms with E-state index in [0.29, 0.717) is 5.39 Å². The third-order valence-corrected chi connectivity index (χ3v) is 3.76. The number of aryl methyl sites for hydroxylation is 1. The van der Waals surface area contributed by atoms with Crippen LogP contribution in [-0.2, 0) is 12.6 Å². The molecule has 1 N–H and O–H groups in total. The summed E-state index contributed by atoms with van der Waals surface area (Å²) in [4.78, 5) is 12.1. The summed E-state index contributed by atoms with van der Waals surface area (Å²) in [7, 11) is 1.36. The maximum Gasteiger partial charge on any atom is 0.427 e. The normalized spacial score (nSPS) is 14.8. The van der Waals surface area contributed by atoms with Crippen LogP contribution < -0.4 is 5.63 Å². The summed E-state index contributed by atoms with van der Waals surface area (Å²) in [5, 5.41) is 10.8. The molecule has 2 heterocycles.